The van der Waals surface area contributed by atoms with E-state index in [0.717, 1.165) is 12.1 Å². The van der Waals surface area contributed by atoms with Crippen LogP contribution >= 0.6 is 0 Å². The molecule has 0 bridgehead atoms. The largest absolute Gasteiger partial charge is 0.340 e. The minimum absolute atomic E-state index is 0.151. The lowest BCUT2D eigenvalue weighted by atomic mass is 10.0. The van der Waals surface area contributed by atoms with E-state index in [-0.39, 0.29) is 11.9 Å². The van der Waals surface area contributed by atoms with Crippen LogP contribution in [0.15, 0.2) is 54.7 Å². The zero-order valence-electron chi connectivity index (χ0n) is 14.1. The molecule has 4 heteroatoms. The molecule has 0 saturated heterocycles. The lowest BCUT2D eigenvalue weighted by Crippen LogP contribution is -2.28. The Balaban J connectivity index is 1.91. The lowest BCUT2D eigenvalue weighted by molar-refractivity contribution is -0.130. The summed E-state index contributed by atoms with van der Waals surface area (Å²) >= 11 is 0. The van der Waals surface area contributed by atoms with Gasteiger partial charge in [0.15, 0.2) is 0 Å². The van der Waals surface area contributed by atoms with E-state index in [0.29, 0.717) is 13.0 Å². The molecule has 2 rings (SSSR count). The third-order valence-corrected chi connectivity index (χ3v) is 3.99. The number of carbonyl (C=O) groups excluding carboxylic acids is 1. The minimum Gasteiger partial charge on any atom is -0.340 e. The van der Waals surface area contributed by atoms with E-state index in [1.165, 1.54) is 5.56 Å². The molecule has 0 fully saturated rings. The first kappa shape index (κ1) is 17.2. The average Bonchev–Trinajstić information content (AvgIpc) is 2.56. The summed E-state index contributed by atoms with van der Waals surface area (Å²) in [6.45, 7) is 0.553. The second-order valence-electron chi connectivity index (χ2n) is 6.00. The first-order valence-corrected chi connectivity index (χ1v) is 7.93. The lowest BCUT2D eigenvalue weighted by Gasteiger charge is -2.25. The Bertz CT molecular complexity index is 599. The van der Waals surface area contributed by atoms with E-state index in [9.17, 15) is 4.79 Å². The van der Waals surface area contributed by atoms with Gasteiger partial charge in [-0.25, -0.2) is 0 Å². The molecule has 1 aromatic carbocycles. The van der Waals surface area contributed by atoms with Crippen LogP contribution in [0.2, 0.25) is 0 Å². The fraction of sp³-hybridized carbons (Fsp3) is 0.368. The number of pyridine rings is 1. The van der Waals surface area contributed by atoms with E-state index in [1.54, 1.807) is 11.1 Å². The van der Waals surface area contributed by atoms with Gasteiger partial charge in [-0.05, 0) is 38.2 Å². The monoisotopic (exact) mass is 311 g/mol. The summed E-state index contributed by atoms with van der Waals surface area (Å²) in [5.41, 5.74) is 2.16. The van der Waals surface area contributed by atoms with Crippen molar-refractivity contribution in [3.8, 4) is 0 Å². The molecular weight excluding hydrogens is 286 g/mol. The van der Waals surface area contributed by atoms with Gasteiger partial charge in [-0.3, -0.25) is 9.78 Å². The summed E-state index contributed by atoms with van der Waals surface area (Å²) in [5, 5.41) is 0. The molecule has 0 spiro atoms. The molecule has 0 radical (unpaired) electrons. The predicted molar refractivity (Wildman–Crippen MR) is 92.8 cm³/mol. The first-order valence-electron chi connectivity index (χ1n) is 7.93. The van der Waals surface area contributed by atoms with E-state index < -0.39 is 0 Å². The van der Waals surface area contributed by atoms with Gasteiger partial charge in [0.25, 0.3) is 0 Å². The van der Waals surface area contributed by atoms with Crippen LogP contribution in [0.5, 0.6) is 0 Å². The molecule has 2 aromatic rings. The maximum atomic E-state index is 12.4. The Morgan fingerprint density at radius 3 is 2.35 bits per heavy atom. The van der Waals surface area contributed by atoms with Crippen LogP contribution in [-0.4, -0.2) is 41.8 Å². The van der Waals surface area contributed by atoms with E-state index in [1.807, 2.05) is 43.4 Å². The molecule has 0 N–H and O–H groups in total. The van der Waals surface area contributed by atoms with E-state index in [4.69, 9.17) is 0 Å². The normalized spacial score (nSPS) is 12.2. The number of benzene rings is 1. The van der Waals surface area contributed by atoms with Crippen molar-refractivity contribution in [3.63, 3.8) is 0 Å². The molecule has 1 heterocycles. The summed E-state index contributed by atoms with van der Waals surface area (Å²) in [6.07, 6.45) is 3.09. The highest BCUT2D eigenvalue weighted by atomic mass is 16.2. The van der Waals surface area contributed by atoms with Gasteiger partial charge in [-0.15, -0.1) is 0 Å². The smallest absolute Gasteiger partial charge is 0.222 e. The zero-order valence-corrected chi connectivity index (χ0v) is 14.1. The van der Waals surface area contributed by atoms with Crippen molar-refractivity contribution in [2.24, 2.45) is 0 Å². The number of nitrogens with zero attached hydrogens (tertiary/aromatic N) is 3. The average molecular weight is 311 g/mol. The molecular formula is C19H25N3O. The van der Waals surface area contributed by atoms with Gasteiger partial charge in [-0.1, -0.05) is 36.4 Å². The maximum Gasteiger partial charge on any atom is 0.222 e. The molecule has 0 aliphatic heterocycles. The molecule has 0 aliphatic rings. The summed E-state index contributed by atoms with van der Waals surface area (Å²) in [4.78, 5) is 20.6. The van der Waals surface area contributed by atoms with Crippen LogP contribution in [0.25, 0.3) is 0 Å². The molecule has 4 nitrogen and oxygen atoms in total. The minimum atomic E-state index is 0.151. The van der Waals surface area contributed by atoms with Crippen molar-refractivity contribution < 1.29 is 4.79 Å². The number of hydrogen-bond donors (Lipinski definition) is 0. The van der Waals surface area contributed by atoms with Crippen molar-refractivity contribution >= 4 is 5.91 Å². The summed E-state index contributed by atoms with van der Waals surface area (Å²) in [7, 11) is 5.95. The number of hydrogen-bond acceptors (Lipinski definition) is 3. The molecule has 1 atom stereocenters. The molecule has 0 unspecified atom stereocenters. The van der Waals surface area contributed by atoms with Gasteiger partial charge in [0, 0.05) is 25.7 Å². The Kier molecular flexibility index (Phi) is 6.29. The van der Waals surface area contributed by atoms with Gasteiger partial charge in [0.1, 0.15) is 0 Å². The molecule has 1 aromatic heterocycles. The SMILES string of the molecule is CN(Cc1ccccn1)C(=O)CC[C@@H](c1ccccc1)N(C)C. The van der Waals surface area contributed by atoms with Crippen LogP contribution in [0, 0.1) is 0 Å². The van der Waals surface area contributed by atoms with Crippen molar-refractivity contribution in [3.05, 3.63) is 66.0 Å². The highest BCUT2D eigenvalue weighted by Crippen LogP contribution is 2.23. The van der Waals surface area contributed by atoms with Crippen LogP contribution in [0.1, 0.15) is 30.1 Å². The van der Waals surface area contributed by atoms with Crippen molar-refractivity contribution in [2.75, 3.05) is 21.1 Å². The number of aromatic nitrogens is 1. The van der Waals surface area contributed by atoms with Crippen molar-refractivity contribution in [1.29, 1.82) is 0 Å². The van der Waals surface area contributed by atoms with E-state index >= 15 is 0 Å². The van der Waals surface area contributed by atoms with Crippen molar-refractivity contribution in [1.82, 2.24) is 14.8 Å². The number of rotatable bonds is 7. The van der Waals surface area contributed by atoms with Crippen LogP contribution in [0.3, 0.4) is 0 Å². The molecule has 0 aliphatic carbocycles. The third kappa shape index (κ3) is 5.18. The highest BCUT2D eigenvalue weighted by Gasteiger charge is 2.17. The zero-order chi connectivity index (χ0) is 16.7. The number of carbonyl (C=O) groups is 1. The standard InChI is InChI=1S/C19H25N3O/c1-21(2)18(16-9-5-4-6-10-16)12-13-19(23)22(3)15-17-11-7-8-14-20-17/h4-11,14,18H,12-13,15H2,1-3H3/t18-/m0/s1. The Morgan fingerprint density at radius 2 is 1.74 bits per heavy atom. The molecule has 23 heavy (non-hydrogen) atoms. The quantitative estimate of drug-likeness (QED) is 0.788. The van der Waals surface area contributed by atoms with Gasteiger partial charge in [0.05, 0.1) is 12.2 Å². The highest BCUT2D eigenvalue weighted by molar-refractivity contribution is 5.75. The second kappa shape index (κ2) is 8.44. The fourth-order valence-corrected chi connectivity index (χ4v) is 2.67. The third-order valence-electron chi connectivity index (χ3n) is 3.99. The number of amides is 1. The van der Waals surface area contributed by atoms with Gasteiger partial charge < -0.3 is 9.80 Å². The second-order valence-corrected chi connectivity index (χ2v) is 6.00. The summed E-state index contributed by atoms with van der Waals surface area (Å²) in [5.74, 6) is 0.151. The Morgan fingerprint density at radius 1 is 1.04 bits per heavy atom. The topological polar surface area (TPSA) is 36.4 Å². The van der Waals surface area contributed by atoms with Gasteiger partial charge in [-0.2, -0.15) is 0 Å². The Labute approximate surface area is 138 Å². The molecule has 0 saturated carbocycles. The first-order chi connectivity index (χ1) is 11.1. The fourth-order valence-electron chi connectivity index (χ4n) is 2.67. The van der Waals surface area contributed by atoms with Crippen LogP contribution in [0.4, 0.5) is 0 Å². The molecule has 122 valence electrons. The maximum absolute atomic E-state index is 12.4. The van der Waals surface area contributed by atoms with Crippen molar-refractivity contribution in [2.45, 2.75) is 25.4 Å². The molecule has 1 amide bonds. The van der Waals surface area contributed by atoms with E-state index in [2.05, 4.69) is 36.1 Å². The van der Waals surface area contributed by atoms with Crippen LogP contribution in [-0.2, 0) is 11.3 Å². The summed E-state index contributed by atoms with van der Waals surface area (Å²) < 4.78 is 0. The predicted octanol–water partition coefficient (Wildman–Crippen LogP) is 3.12. The summed E-state index contributed by atoms with van der Waals surface area (Å²) in [6, 6.07) is 16.4. The van der Waals surface area contributed by atoms with Gasteiger partial charge >= 0.3 is 0 Å². The Hall–Kier alpha value is -2.20. The van der Waals surface area contributed by atoms with Crippen LogP contribution < -0.4 is 0 Å². The van der Waals surface area contributed by atoms with Gasteiger partial charge in [0.2, 0.25) is 5.91 Å².